The number of carbonyl (C=O) groups is 1. The van der Waals surface area contributed by atoms with Gasteiger partial charge >= 0.3 is 0 Å². The molecule has 0 aliphatic heterocycles. The van der Waals surface area contributed by atoms with Crippen LogP contribution < -0.4 is 5.32 Å². The Balaban J connectivity index is 1.92. The number of nitrogens with one attached hydrogen (secondary N) is 1. The van der Waals surface area contributed by atoms with Crippen molar-refractivity contribution in [3.05, 3.63) is 17.7 Å². The Morgan fingerprint density at radius 1 is 1.57 bits per heavy atom. The molecule has 1 aromatic rings. The van der Waals surface area contributed by atoms with Crippen molar-refractivity contribution in [2.24, 2.45) is 5.92 Å². The largest absolute Gasteiger partial charge is 0.300 e. The van der Waals surface area contributed by atoms with Gasteiger partial charge in [-0.2, -0.15) is 0 Å². The van der Waals surface area contributed by atoms with Crippen LogP contribution in [0.15, 0.2) is 17.7 Å². The van der Waals surface area contributed by atoms with Crippen LogP contribution in [0.4, 0.5) is 5.13 Å². The number of anilines is 1. The van der Waals surface area contributed by atoms with E-state index in [1.54, 1.807) is 5.51 Å². The Bertz CT molecular complexity index is 334. The van der Waals surface area contributed by atoms with Crippen LogP contribution in [-0.4, -0.2) is 16.1 Å². The molecular weight excluding hydrogens is 198 g/mol. The van der Waals surface area contributed by atoms with Crippen molar-refractivity contribution in [2.45, 2.75) is 19.3 Å². The van der Waals surface area contributed by atoms with E-state index in [9.17, 15) is 4.79 Å². The van der Waals surface area contributed by atoms with E-state index in [1.807, 2.05) is 0 Å². The third kappa shape index (κ3) is 2.17. The van der Waals surface area contributed by atoms with Gasteiger partial charge in [0.05, 0.1) is 0 Å². The lowest BCUT2D eigenvalue weighted by Gasteiger charge is -2.15. The molecule has 2 rings (SSSR count). The Hall–Kier alpha value is -1.23. The fourth-order valence-electron chi connectivity index (χ4n) is 1.47. The lowest BCUT2D eigenvalue weighted by Crippen LogP contribution is -2.23. The lowest BCUT2D eigenvalue weighted by atomic mass is 9.94. The van der Waals surface area contributed by atoms with Crippen LogP contribution >= 0.6 is 11.3 Å². The molecule has 1 N–H and O–H groups in total. The number of hydrogen-bond acceptors (Lipinski definition) is 4. The zero-order valence-corrected chi connectivity index (χ0v) is 8.46. The summed E-state index contributed by atoms with van der Waals surface area (Å²) in [7, 11) is 0. The molecule has 14 heavy (non-hydrogen) atoms. The average molecular weight is 209 g/mol. The van der Waals surface area contributed by atoms with Crippen LogP contribution in [0.3, 0.4) is 0 Å². The lowest BCUT2D eigenvalue weighted by molar-refractivity contribution is -0.120. The number of carbonyl (C=O) groups excluding carboxylic acids is 1. The topological polar surface area (TPSA) is 54.9 Å². The highest BCUT2D eigenvalue weighted by Gasteiger charge is 2.19. The predicted octanol–water partition coefficient (Wildman–Crippen LogP) is 1.83. The third-order valence-corrected chi connectivity index (χ3v) is 2.84. The van der Waals surface area contributed by atoms with E-state index in [4.69, 9.17) is 0 Å². The van der Waals surface area contributed by atoms with Gasteiger partial charge < -0.3 is 5.32 Å². The number of amides is 1. The predicted molar refractivity (Wildman–Crippen MR) is 55.0 cm³/mol. The summed E-state index contributed by atoms with van der Waals surface area (Å²) in [6.07, 6.45) is 6.95. The first-order valence-corrected chi connectivity index (χ1v) is 5.46. The van der Waals surface area contributed by atoms with Gasteiger partial charge in [-0.15, -0.1) is 10.2 Å². The number of allylic oxidation sites excluding steroid dienone is 2. The highest BCUT2D eigenvalue weighted by atomic mass is 32.1. The first kappa shape index (κ1) is 9.33. The Kier molecular flexibility index (Phi) is 2.88. The molecule has 0 bridgehead atoms. The monoisotopic (exact) mass is 209 g/mol. The molecule has 74 valence electrons. The average Bonchev–Trinajstić information content (AvgIpc) is 2.72. The zero-order valence-electron chi connectivity index (χ0n) is 7.64. The zero-order chi connectivity index (χ0) is 9.80. The van der Waals surface area contributed by atoms with Crippen molar-refractivity contribution in [2.75, 3.05) is 5.32 Å². The molecule has 0 saturated heterocycles. The van der Waals surface area contributed by atoms with Gasteiger partial charge in [0.25, 0.3) is 0 Å². The van der Waals surface area contributed by atoms with Gasteiger partial charge in [-0.3, -0.25) is 4.79 Å². The molecule has 0 aromatic carbocycles. The normalized spacial score (nSPS) is 20.7. The summed E-state index contributed by atoms with van der Waals surface area (Å²) < 4.78 is 0. The molecule has 1 atom stereocenters. The summed E-state index contributed by atoms with van der Waals surface area (Å²) in [5, 5.41) is 10.8. The molecule has 0 unspecified atom stereocenters. The van der Waals surface area contributed by atoms with E-state index in [1.165, 1.54) is 11.3 Å². The number of nitrogens with zero attached hydrogens (tertiary/aromatic N) is 2. The fraction of sp³-hybridized carbons (Fsp3) is 0.444. The Morgan fingerprint density at radius 2 is 2.50 bits per heavy atom. The number of aromatic nitrogens is 2. The van der Waals surface area contributed by atoms with Gasteiger partial charge in [-0.25, -0.2) is 0 Å². The van der Waals surface area contributed by atoms with Crippen LogP contribution in [0.5, 0.6) is 0 Å². The molecular formula is C9H11N3OS. The molecule has 4 nitrogen and oxygen atoms in total. The van der Waals surface area contributed by atoms with Crippen molar-refractivity contribution in [1.29, 1.82) is 0 Å². The van der Waals surface area contributed by atoms with E-state index in [0.717, 1.165) is 19.3 Å². The molecule has 0 saturated carbocycles. The second-order valence-electron chi connectivity index (χ2n) is 3.21. The molecule has 1 aliphatic rings. The quantitative estimate of drug-likeness (QED) is 0.756. The SMILES string of the molecule is O=C(Nc1nncs1)[C@H]1CC=CCC1. The first-order valence-electron chi connectivity index (χ1n) is 4.58. The number of rotatable bonds is 2. The molecule has 1 aliphatic carbocycles. The van der Waals surface area contributed by atoms with Crippen LogP contribution in [0.1, 0.15) is 19.3 Å². The maximum Gasteiger partial charge on any atom is 0.229 e. The molecule has 0 fully saturated rings. The molecule has 5 heteroatoms. The molecule has 0 radical (unpaired) electrons. The molecule has 1 amide bonds. The summed E-state index contributed by atoms with van der Waals surface area (Å²) >= 11 is 1.34. The highest BCUT2D eigenvalue weighted by Crippen LogP contribution is 2.20. The second-order valence-corrected chi connectivity index (χ2v) is 4.05. The van der Waals surface area contributed by atoms with Gasteiger partial charge in [0.1, 0.15) is 5.51 Å². The summed E-state index contributed by atoms with van der Waals surface area (Å²) in [5.74, 6) is 0.162. The van der Waals surface area contributed by atoms with E-state index in [0.29, 0.717) is 5.13 Å². The number of hydrogen-bond donors (Lipinski definition) is 1. The summed E-state index contributed by atoms with van der Waals surface area (Å²) in [4.78, 5) is 11.7. The summed E-state index contributed by atoms with van der Waals surface area (Å²) in [5.41, 5.74) is 1.61. The van der Waals surface area contributed by atoms with Crippen molar-refractivity contribution in [1.82, 2.24) is 10.2 Å². The van der Waals surface area contributed by atoms with Crippen LogP contribution in [0, 0.1) is 5.92 Å². The van der Waals surface area contributed by atoms with Gasteiger partial charge in [-0.1, -0.05) is 23.5 Å². The van der Waals surface area contributed by atoms with Crippen molar-refractivity contribution >= 4 is 22.4 Å². The molecule has 0 spiro atoms. The van der Waals surface area contributed by atoms with E-state index < -0.39 is 0 Å². The summed E-state index contributed by atoms with van der Waals surface area (Å²) in [6.45, 7) is 0. The second kappa shape index (κ2) is 4.32. The Morgan fingerprint density at radius 3 is 3.14 bits per heavy atom. The fourth-order valence-corrected chi connectivity index (χ4v) is 1.91. The highest BCUT2D eigenvalue weighted by molar-refractivity contribution is 7.13. The maximum atomic E-state index is 11.7. The van der Waals surface area contributed by atoms with E-state index in [-0.39, 0.29) is 11.8 Å². The summed E-state index contributed by atoms with van der Waals surface area (Å²) in [6, 6.07) is 0. The van der Waals surface area contributed by atoms with Crippen molar-refractivity contribution < 1.29 is 4.79 Å². The van der Waals surface area contributed by atoms with Gasteiger partial charge in [0, 0.05) is 5.92 Å². The maximum absolute atomic E-state index is 11.7. The van der Waals surface area contributed by atoms with Crippen LogP contribution in [0.25, 0.3) is 0 Å². The van der Waals surface area contributed by atoms with Gasteiger partial charge in [0.15, 0.2) is 0 Å². The minimum atomic E-state index is 0.0612. The molecule has 1 heterocycles. The van der Waals surface area contributed by atoms with Crippen LogP contribution in [-0.2, 0) is 4.79 Å². The van der Waals surface area contributed by atoms with Crippen molar-refractivity contribution in [3.63, 3.8) is 0 Å². The molecule has 1 aromatic heterocycles. The minimum Gasteiger partial charge on any atom is -0.300 e. The first-order chi connectivity index (χ1) is 6.86. The smallest absolute Gasteiger partial charge is 0.229 e. The van der Waals surface area contributed by atoms with Crippen LogP contribution in [0.2, 0.25) is 0 Å². The van der Waals surface area contributed by atoms with Gasteiger partial charge in [-0.05, 0) is 19.3 Å². The standard InChI is InChI=1S/C9H11N3OS/c13-8(7-4-2-1-3-5-7)11-9-12-10-6-14-9/h1-2,6-7H,3-5H2,(H,11,12,13)/t7-/m0/s1. The van der Waals surface area contributed by atoms with Gasteiger partial charge in [0.2, 0.25) is 11.0 Å². The van der Waals surface area contributed by atoms with Crippen molar-refractivity contribution in [3.8, 4) is 0 Å². The minimum absolute atomic E-state index is 0.0612. The van der Waals surface area contributed by atoms with E-state index >= 15 is 0 Å². The third-order valence-electron chi connectivity index (χ3n) is 2.23. The Labute approximate surface area is 86.1 Å². The van der Waals surface area contributed by atoms with E-state index in [2.05, 4.69) is 27.7 Å².